The molecular formula is C22H24ClF2N5O. The van der Waals surface area contributed by atoms with Crippen molar-refractivity contribution in [1.82, 2.24) is 14.9 Å². The number of ether oxygens (including phenoxy) is 1. The van der Waals surface area contributed by atoms with E-state index in [1.54, 1.807) is 6.07 Å². The first-order valence-corrected chi connectivity index (χ1v) is 10.8. The fourth-order valence-corrected chi connectivity index (χ4v) is 4.06. The number of fused-ring (bicyclic) bond motifs is 1. The van der Waals surface area contributed by atoms with Gasteiger partial charge < -0.3 is 10.1 Å². The molecule has 0 atom stereocenters. The first-order valence-electron chi connectivity index (χ1n) is 10.4. The Hall–Kier alpha value is -2.50. The van der Waals surface area contributed by atoms with Crippen LogP contribution in [0.25, 0.3) is 0 Å². The Morgan fingerprint density at radius 1 is 1.32 bits per heavy atom. The quantitative estimate of drug-likeness (QED) is 0.607. The topological polar surface area (TPSA) is 74.1 Å². The van der Waals surface area contributed by atoms with Gasteiger partial charge in [-0.2, -0.15) is 5.26 Å². The minimum Gasteiger partial charge on any atom is -0.472 e. The van der Waals surface area contributed by atoms with Crippen LogP contribution < -0.4 is 10.1 Å². The summed E-state index contributed by atoms with van der Waals surface area (Å²) in [5.74, 6) is 1.69. The SMILES string of the molecule is Cc1nc(OCC(F)F)ccc1CN1CCc2c(NCC3CC3)nc(Cl)c(C#N)c2C1. The van der Waals surface area contributed by atoms with Gasteiger partial charge in [-0.05, 0) is 43.2 Å². The molecule has 1 aliphatic carbocycles. The van der Waals surface area contributed by atoms with Crippen LogP contribution in [0.2, 0.25) is 5.15 Å². The van der Waals surface area contributed by atoms with Gasteiger partial charge in [-0.25, -0.2) is 18.7 Å². The van der Waals surface area contributed by atoms with Crippen molar-refractivity contribution in [2.75, 3.05) is 25.0 Å². The maximum Gasteiger partial charge on any atom is 0.272 e. The van der Waals surface area contributed by atoms with Gasteiger partial charge in [-0.3, -0.25) is 4.90 Å². The Morgan fingerprint density at radius 3 is 2.81 bits per heavy atom. The minimum absolute atomic E-state index is 0.196. The van der Waals surface area contributed by atoms with Crippen LogP contribution >= 0.6 is 11.6 Å². The van der Waals surface area contributed by atoms with Crippen LogP contribution in [0, 0.1) is 24.2 Å². The average molecular weight is 448 g/mol. The number of hydrogen-bond donors (Lipinski definition) is 1. The number of alkyl halides is 2. The zero-order chi connectivity index (χ0) is 22.0. The second-order valence-corrected chi connectivity index (χ2v) is 8.43. The molecule has 1 saturated carbocycles. The Labute approximate surface area is 185 Å². The van der Waals surface area contributed by atoms with E-state index in [1.807, 2.05) is 13.0 Å². The minimum atomic E-state index is -2.53. The maximum absolute atomic E-state index is 12.3. The molecule has 6 nitrogen and oxygen atoms in total. The van der Waals surface area contributed by atoms with Crippen LogP contribution in [0.1, 0.15) is 40.8 Å². The third-order valence-electron chi connectivity index (χ3n) is 5.72. The third kappa shape index (κ3) is 5.23. The summed E-state index contributed by atoms with van der Waals surface area (Å²) in [5, 5.41) is 13.3. The van der Waals surface area contributed by atoms with Crippen LogP contribution in [0.4, 0.5) is 14.6 Å². The zero-order valence-corrected chi connectivity index (χ0v) is 18.1. The molecule has 31 heavy (non-hydrogen) atoms. The van der Waals surface area contributed by atoms with Gasteiger partial charge in [0.1, 0.15) is 17.0 Å². The van der Waals surface area contributed by atoms with Crippen molar-refractivity contribution in [2.24, 2.45) is 5.92 Å². The van der Waals surface area contributed by atoms with Crippen molar-refractivity contribution >= 4 is 17.4 Å². The highest BCUT2D eigenvalue weighted by molar-refractivity contribution is 6.30. The number of nitrogens with zero attached hydrogens (tertiary/aromatic N) is 4. The first-order chi connectivity index (χ1) is 14.9. The van der Waals surface area contributed by atoms with E-state index in [1.165, 1.54) is 12.8 Å². The summed E-state index contributed by atoms with van der Waals surface area (Å²) in [6, 6.07) is 5.68. The number of halogens is 3. The van der Waals surface area contributed by atoms with Gasteiger partial charge in [-0.1, -0.05) is 17.7 Å². The normalized spacial score (nSPS) is 16.1. The van der Waals surface area contributed by atoms with E-state index < -0.39 is 13.0 Å². The smallest absolute Gasteiger partial charge is 0.272 e. The Balaban J connectivity index is 1.50. The standard InChI is InChI=1S/C22H24ClF2N5O/c1-13-15(4-5-20(28-13)31-12-19(24)25)10-30-7-6-16-18(11-30)17(8-26)21(23)29-22(16)27-9-14-2-3-14/h4-5,14,19H,2-3,6-7,9-12H2,1H3,(H,27,29). The van der Waals surface area contributed by atoms with Crippen molar-refractivity contribution in [3.05, 3.63) is 45.2 Å². The predicted octanol–water partition coefficient (Wildman–Crippen LogP) is 4.33. The summed E-state index contributed by atoms with van der Waals surface area (Å²) in [6.07, 6.45) is 0.719. The molecule has 0 radical (unpaired) electrons. The summed E-state index contributed by atoms with van der Waals surface area (Å²) in [5.41, 5.74) is 4.15. The molecule has 1 N–H and O–H groups in total. The molecular weight excluding hydrogens is 424 g/mol. The van der Waals surface area contributed by atoms with Crippen LogP contribution in [0.5, 0.6) is 5.88 Å². The molecule has 0 amide bonds. The first kappa shape index (κ1) is 21.7. The lowest BCUT2D eigenvalue weighted by atomic mass is 9.96. The van der Waals surface area contributed by atoms with Gasteiger partial charge in [-0.15, -0.1) is 0 Å². The molecule has 0 aromatic carbocycles. The number of aryl methyl sites for hydroxylation is 1. The summed E-state index contributed by atoms with van der Waals surface area (Å²) in [7, 11) is 0. The number of rotatable bonds is 8. The monoisotopic (exact) mass is 447 g/mol. The second kappa shape index (κ2) is 9.33. The number of pyridine rings is 2. The van der Waals surface area contributed by atoms with Crippen molar-refractivity contribution in [3.63, 3.8) is 0 Å². The highest BCUT2D eigenvalue weighted by Gasteiger charge is 2.27. The summed E-state index contributed by atoms with van der Waals surface area (Å²) >= 11 is 6.33. The van der Waals surface area contributed by atoms with Gasteiger partial charge >= 0.3 is 0 Å². The average Bonchev–Trinajstić information content (AvgIpc) is 3.56. The van der Waals surface area contributed by atoms with Crippen molar-refractivity contribution in [3.8, 4) is 11.9 Å². The van der Waals surface area contributed by atoms with Crippen molar-refractivity contribution < 1.29 is 13.5 Å². The molecule has 0 saturated heterocycles. The molecule has 1 aliphatic heterocycles. The lowest BCUT2D eigenvalue weighted by molar-refractivity contribution is 0.0795. The van der Waals surface area contributed by atoms with E-state index in [0.29, 0.717) is 24.6 Å². The molecule has 4 rings (SSSR count). The summed E-state index contributed by atoms with van der Waals surface area (Å²) < 4.78 is 29.7. The predicted molar refractivity (Wildman–Crippen MR) is 113 cm³/mol. The number of hydrogen-bond acceptors (Lipinski definition) is 6. The Morgan fingerprint density at radius 2 is 2.13 bits per heavy atom. The molecule has 3 heterocycles. The van der Waals surface area contributed by atoms with Crippen molar-refractivity contribution in [1.29, 1.82) is 5.26 Å². The third-order valence-corrected chi connectivity index (χ3v) is 5.99. The highest BCUT2D eigenvalue weighted by atomic mass is 35.5. The molecule has 1 fully saturated rings. The molecule has 0 bridgehead atoms. The van der Waals surface area contributed by atoms with Gasteiger partial charge in [0.25, 0.3) is 6.43 Å². The molecule has 2 aromatic heterocycles. The molecule has 0 spiro atoms. The fourth-order valence-electron chi connectivity index (χ4n) is 3.82. The molecule has 2 aromatic rings. The lowest BCUT2D eigenvalue weighted by Gasteiger charge is -2.31. The number of nitriles is 1. The van der Waals surface area contributed by atoms with Gasteiger partial charge in [0.05, 0.1) is 5.56 Å². The molecule has 9 heteroatoms. The highest BCUT2D eigenvalue weighted by Crippen LogP contribution is 2.34. The van der Waals surface area contributed by atoms with E-state index in [0.717, 1.165) is 47.7 Å². The van der Waals surface area contributed by atoms with E-state index in [2.05, 4.69) is 26.3 Å². The number of aromatic nitrogens is 2. The van der Waals surface area contributed by atoms with Crippen LogP contribution in [-0.2, 0) is 19.5 Å². The Kier molecular flexibility index (Phi) is 6.54. The van der Waals surface area contributed by atoms with E-state index in [9.17, 15) is 14.0 Å². The van der Waals surface area contributed by atoms with Crippen molar-refractivity contribution in [2.45, 2.75) is 45.7 Å². The second-order valence-electron chi connectivity index (χ2n) is 8.08. The fraction of sp³-hybridized carbons (Fsp3) is 0.500. The van der Waals surface area contributed by atoms with Crippen LogP contribution in [0.3, 0.4) is 0 Å². The largest absolute Gasteiger partial charge is 0.472 e. The molecule has 2 aliphatic rings. The number of nitrogens with one attached hydrogen (secondary N) is 1. The lowest BCUT2D eigenvalue weighted by Crippen LogP contribution is -2.32. The zero-order valence-electron chi connectivity index (χ0n) is 17.3. The number of anilines is 1. The van der Waals surface area contributed by atoms with E-state index in [-0.39, 0.29) is 11.0 Å². The maximum atomic E-state index is 12.3. The van der Waals surface area contributed by atoms with Crippen LogP contribution in [-0.4, -0.2) is 41.0 Å². The molecule has 0 unspecified atom stereocenters. The van der Waals surface area contributed by atoms with E-state index in [4.69, 9.17) is 16.3 Å². The molecule has 164 valence electrons. The van der Waals surface area contributed by atoms with Gasteiger partial charge in [0.2, 0.25) is 5.88 Å². The van der Waals surface area contributed by atoms with E-state index >= 15 is 0 Å². The van der Waals surface area contributed by atoms with Gasteiger partial charge in [0, 0.05) is 43.5 Å². The van der Waals surface area contributed by atoms with Gasteiger partial charge in [0.15, 0.2) is 6.61 Å². The summed E-state index contributed by atoms with van der Waals surface area (Å²) in [4.78, 5) is 11.0. The summed E-state index contributed by atoms with van der Waals surface area (Å²) in [6.45, 7) is 4.07. The Bertz CT molecular complexity index is 1010. The van der Waals surface area contributed by atoms with Crippen LogP contribution in [0.15, 0.2) is 12.1 Å².